The molecule has 92 valence electrons. The molecule has 0 rings (SSSR count). The summed E-state index contributed by atoms with van der Waals surface area (Å²) in [7, 11) is 0. The lowest BCUT2D eigenvalue weighted by atomic mass is 10.2. The van der Waals surface area contributed by atoms with Gasteiger partial charge in [-0.2, -0.15) is 13.2 Å². The molecule has 0 aromatic heterocycles. The van der Waals surface area contributed by atoms with Gasteiger partial charge in [-0.25, -0.2) is 0 Å². The number of halogens is 4. The largest absolute Gasteiger partial charge is 0.389 e. The number of alkyl halides is 4. The Kier molecular flexibility index (Phi) is 8.24. The van der Waals surface area contributed by atoms with Crippen molar-refractivity contribution in [2.45, 2.75) is 38.8 Å². The van der Waals surface area contributed by atoms with Crippen molar-refractivity contribution in [3.05, 3.63) is 0 Å². The zero-order valence-electron chi connectivity index (χ0n) is 9.12. The molecule has 0 bridgehead atoms. The van der Waals surface area contributed by atoms with Crippen molar-refractivity contribution in [1.82, 2.24) is 4.90 Å². The summed E-state index contributed by atoms with van der Waals surface area (Å²) in [6.07, 6.45) is -2.49. The lowest BCUT2D eigenvalue weighted by Gasteiger charge is -2.21. The van der Waals surface area contributed by atoms with Crippen LogP contribution in [0.2, 0.25) is 0 Å². The Balaban J connectivity index is 3.65. The fourth-order valence-electron chi connectivity index (χ4n) is 1.34. The predicted molar refractivity (Wildman–Crippen MR) is 57.4 cm³/mol. The van der Waals surface area contributed by atoms with E-state index in [4.69, 9.17) is 11.6 Å². The van der Waals surface area contributed by atoms with Crippen molar-refractivity contribution in [2.75, 3.05) is 25.5 Å². The average molecular weight is 246 g/mol. The molecule has 0 aromatic rings. The highest BCUT2D eigenvalue weighted by Gasteiger charge is 2.26. The molecule has 0 aliphatic rings. The Morgan fingerprint density at radius 1 is 1.07 bits per heavy atom. The molecule has 0 saturated heterocycles. The molecule has 0 amide bonds. The Hall–Kier alpha value is 0.0400. The maximum atomic E-state index is 11.9. The monoisotopic (exact) mass is 245 g/mol. The fourth-order valence-corrected chi connectivity index (χ4v) is 1.58. The molecule has 0 N–H and O–H groups in total. The van der Waals surface area contributed by atoms with E-state index in [0.29, 0.717) is 19.0 Å². The van der Waals surface area contributed by atoms with Gasteiger partial charge in [0.15, 0.2) is 0 Å². The first-order valence-electron chi connectivity index (χ1n) is 5.34. The van der Waals surface area contributed by atoms with Gasteiger partial charge in [0, 0.05) is 18.8 Å². The summed E-state index contributed by atoms with van der Waals surface area (Å²) in [6, 6.07) is 0. The number of hydrogen-bond donors (Lipinski definition) is 0. The van der Waals surface area contributed by atoms with Crippen LogP contribution in [0.3, 0.4) is 0 Å². The van der Waals surface area contributed by atoms with Crippen molar-refractivity contribution >= 4 is 11.6 Å². The van der Waals surface area contributed by atoms with Gasteiger partial charge < -0.3 is 4.90 Å². The lowest BCUT2D eigenvalue weighted by Crippen LogP contribution is -2.28. The molecule has 0 spiro atoms. The van der Waals surface area contributed by atoms with Gasteiger partial charge in [0.05, 0.1) is 0 Å². The molecular weight excluding hydrogens is 227 g/mol. The third-order valence-corrected chi connectivity index (χ3v) is 2.33. The van der Waals surface area contributed by atoms with Crippen LogP contribution in [0.15, 0.2) is 0 Å². The fraction of sp³-hybridized carbons (Fsp3) is 1.00. The molecule has 0 atom stereocenters. The summed E-state index contributed by atoms with van der Waals surface area (Å²) in [4.78, 5) is 2.00. The molecule has 0 fully saturated rings. The number of unbranched alkanes of at least 4 members (excludes halogenated alkanes) is 1. The van der Waals surface area contributed by atoms with Gasteiger partial charge in [0.1, 0.15) is 0 Å². The first-order valence-corrected chi connectivity index (χ1v) is 5.88. The first kappa shape index (κ1) is 15.0. The molecule has 0 aliphatic heterocycles. The van der Waals surface area contributed by atoms with Gasteiger partial charge in [0.2, 0.25) is 0 Å². The van der Waals surface area contributed by atoms with Crippen LogP contribution in [-0.4, -0.2) is 36.6 Å². The van der Waals surface area contributed by atoms with Crippen LogP contribution in [-0.2, 0) is 0 Å². The summed E-state index contributed by atoms with van der Waals surface area (Å²) in [5.74, 6) is 0.482. The van der Waals surface area contributed by atoms with Crippen LogP contribution in [0, 0.1) is 0 Å². The quantitative estimate of drug-likeness (QED) is 0.590. The highest BCUT2D eigenvalue weighted by molar-refractivity contribution is 6.18. The minimum atomic E-state index is -4.03. The predicted octanol–water partition coefficient (Wildman–Crippen LogP) is 3.67. The Labute approximate surface area is 94.6 Å². The van der Waals surface area contributed by atoms with Gasteiger partial charge in [0.25, 0.3) is 0 Å². The summed E-state index contributed by atoms with van der Waals surface area (Å²) in [5.41, 5.74) is 0. The lowest BCUT2D eigenvalue weighted by molar-refractivity contribution is -0.136. The molecule has 0 heterocycles. The summed E-state index contributed by atoms with van der Waals surface area (Å²) >= 11 is 5.58. The topological polar surface area (TPSA) is 3.24 Å². The maximum Gasteiger partial charge on any atom is 0.389 e. The van der Waals surface area contributed by atoms with Crippen LogP contribution in [0.5, 0.6) is 0 Å². The third-order valence-electron chi connectivity index (χ3n) is 2.16. The minimum absolute atomic E-state index is 0.171. The van der Waals surface area contributed by atoms with E-state index in [9.17, 15) is 13.2 Å². The zero-order valence-corrected chi connectivity index (χ0v) is 9.87. The number of nitrogens with zero attached hydrogens (tertiary/aromatic N) is 1. The second-order valence-electron chi connectivity index (χ2n) is 3.60. The highest BCUT2D eigenvalue weighted by Crippen LogP contribution is 2.21. The van der Waals surface area contributed by atoms with Crippen molar-refractivity contribution in [2.24, 2.45) is 0 Å². The van der Waals surface area contributed by atoms with Crippen molar-refractivity contribution < 1.29 is 13.2 Å². The first-order chi connectivity index (χ1) is 6.99. The van der Waals surface area contributed by atoms with E-state index in [1.54, 1.807) is 0 Å². The molecule has 0 aliphatic carbocycles. The van der Waals surface area contributed by atoms with Gasteiger partial charge in [-0.15, -0.1) is 11.6 Å². The molecule has 1 nitrogen and oxygen atoms in total. The van der Waals surface area contributed by atoms with Gasteiger partial charge in [-0.1, -0.05) is 13.3 Å². The Morgan fingerprint density at radius 3 is 2.13 bits per heavy atom. The highest BCUT2D eigenvalue weighted by atomic mass is 35.5. The molecule has 15 heavy (non-hydrogen) atoms. The molecule has 0 unspecified atom stereocenters. The molecule has 0 saturated carbocycles. The smallest absolute Gasteiger partial charge is 0.302 e. The normalized spacial score (nSPS) is 12.4. The van der Waals surface area contributed by atoms with Crippen molar-refractivity contribution in [1.29, 1.82) is 0 Å². The Bertz CT molecular complexity index is 150. The van der Waals surface area contributed by atoms with Crippen molar-refractivity contribution in [3.63, 3.8) is 0 Å². The summed E-state index contributed by atoms with van der Waals surface area (Å²) in [6.45, 7) is 4.08. The van der Waals surface area contributed by atoms with E-state index in [1.807, 2.05) is 4.90 Å². The van der Waals surface area contributed by atoms with Crippen LogP contribution >= 0.6 is 11.6 Å². The molecular formula is C10H19ClF3N. The van der Waals surface area contributed by atoms with Crippen molar-refractivity contribution in [3.8, 4) is 0 Å². The van der Waals surface area contributed by atoms with E-state index in [-0.39, 0.29) is 6.42 Å². The van der Waals surface area contributed by atoms with E-state index < -0.39 is 12.6 Å². The second-order valence-corrected chi connectivity index (χ2v) is 3.98. The van der Waals surface area contributed by atoms with E-state index in [2.05, 4.69) is 6.92 Å². The third kappa shape index (κ3) is 10.3. The van der Waals surface area contributed by atoms with E-state index >= 15 is 0 Å². The Morgan fingerprint density at radius 2 is 1.67 bits per heavy atom. The minimum Gasteiger partial charge on any atom is -0.302 e. The van der Waals surface area contributed by atoms with Crippen LogP contribution in [0.4, 0.5) is 13.2 Å². The van der Waals surface area contributed by atoms with Gasteiger partial charge >= 0.3 is 6.18 Å². The van der Waals surface area contributed by atoms with E-state index in [1.165, 1.54) is 0 Å². The SMILES string of the molecule is CCCCN(CCCl)CCCC(F)(F)F. The summed E-state index contributed by atoms with van der Waals surface area (Å²) in [5, 5.41) is 0. The summed E-state index contributed by atoms with van der Waals surface area (Å²) < 4.78 is 35.7. The molecule has 0 radical (unpaired) electrons. The number of rotatable bonds is 8. The van der Waals surface area contributed by atoms with Crippen LogP contribution < -0.4 is 0 Å². The number of hydrogen-bond acceptors (Lipinski definition) is 1. The van der Waals surface area contributed by atoms with E-state index in [0.717, 1.165) is 19.4 Å². The van der Waals surface area contributed by atoms with Crippen LogP contribution in [0.25, 0.3) is 0 Å². The maximum absolute atomic E-state index is 11.9. The van der Waals surface area contributed by atoms with Gasteiger partial charge in [-0.3, -0.25) is 0 Å². The molecule has 5 heteroatoms. The average Bonchev–Trinajstić information content (AvgIpc) is 2.12. The molecule has 0 aromatic carbocycles. The van der Waals surface area contributed by atoms with Gasteiger partial charge in [-0.05, 0) is 25.9 Å². The zero-order chi connectivity index (χ0) is 11.7. The standard InChI is InChI=1S/C10H19ClF3N/c1-2-3-7-15(9-6-11)8-4-5-10(12,13)14/h2-9H2,1H3. The van der Waals surface area contributed by atoms with Crippen LogP contribution in [0.1, 0.15) is 32.6 Å². The second kappa shape index (κ2) is 8.22.